The standard InChI is InChI=1S/C53H90O6/c1-4-7-10-13-16-19-22-25-26-29-31-34-37-40-43-46-52(55)58-49-50(59-53(56)47-44-41-38-35-32-28-24-21-18-15-12-9-6-3)48-57-51(54)45-42-39-36-33-30-27-23-20-17-14-11-8-5-2/h8-9,11-12,14-15,17-18,20-21,23-24,50H,4-7,10,13,16,19,22,25-49H2,1-3H3/b11-8-,12-9-,17-14-,18-15-,23-20-,24-21-. The molecule has 0 saturated carbocycles. The molecule has 6 nitrogen and oxygen atoms in total. The summed E-state index contributed by atoms with van der Waals surface area (Å²) < 4.78 is 16.7. The third-order valence-corrected chi connectivity index (χ3v) is 10.3. The summed E-state index contributed by atoms with van der Waals surface area (Å²) in [4.78, 5) is 37.9. The lowest BCUT2D eigenvalue weighted by Gasteiger charge is -2.18. The summed E-state index contributed by atoms with van der Waals surface area (Å²) in [6, 6.07) is 0. The van der Waals surface area contributed by atoms with Crippen molar-refractivity contribution in [2.75, 3.05) is 13.2 Å². The molecule has 0 aliphatic rings. The van der Waals surface area contributed by atoms with Gasteiger partial charge in [-0.05, 0) is 57.8 Å². The first kappa shape index (κ1) is 55.9. The van der Waals surface area contributed by atoms with E-state index in [4.69, 9.17) is 14.2 Å². The van der Waals surface area contributed by atoms with Crippen LogP contribution < -0.4 is 0 Å². The van der Waals surface area contributed by atoms with Crippen LogP contribution in [0, 0.1) is 0 Å². The number of hydrogen-bond acceptors (Lipinski definition) is 6. The van der Waals surface area contributed by atoms with Gasteiger partial charge in [-0.2, -0.15) is 0 Å². The van der Waals surface area contributed by atoms with E-state index in [1.807, 2.05) is 0 Å². The van der Waals surface area contributed by atoms with E-state index < -0.39 is 6.10 Å². The smallest absolute Gasteiger partial charge is 0.306 e. The Labute approximate surface area is 363 Å². The van der Waals surface area contributed by atoms with Crippen molar-refractivity contribution in [3.8, 4) is 0 Å². The highest BCUT2D eigenvalue weighted by Gasteiger charge is 2.19. The Morgan fingerprint density at radius 1 is 0.356 bits per heavy atom. The summed E-state index contributed by atoms with van der Waals surface area (Å²) in [5, 5.41) is 0. The fourth-order valence-corrected chi connectivity index (χ4v) is 6.68. The van der Waals surface area contributed by atoms with Crippen LogP contribution in [0.4, 0.5) is 0 Å². The topological polar surface area (TPSA) is 78.9 Å². The van der Waals surface area contributed by atoms with E-state index in [0.29, 0.717) is 19.3 Å². The SMILES string of the molecule is CC\C=C/C=C\C=C/CCCCCCCC(=O)OCC(COC(=O)CCCCCCCCCCCCCCCCC)OC(=O)CCCCCCC\C=C/C=C\C=C/CC. The van der Waals surface area contributed by atoms with Crippen LogP contribution in [-0.2, 0) is 28.6 Å². The van der Waals surface area contributed by atoms with E-state index >= 15 is 0 Å². The molecule has 1 unspecified atom stereocenters. The van der Waals surface area contributed by atoms with Crippen molar-refractivity contribution >= 4 is 17.9 Å². The lowest BCUT2D eigenvalue weighted by molar-refractivity contribution is -0.167. The number of hydrogen-bond donors (Lipinski definition) is 0. The van der Waals surface area contributed by atoms with Gasteiger partial charge in [0.05, 0.1) is 0 Å². The Bertz CT molecular complexity index is 1130. The second-order valence-corrected chi connectivity index (χ2v) is 16.1. The van der Waals surface area contributed by atoms with Gasteiger partial charge in [0, 0.05) is 19.3 Å². The molecule has 0 aromatic rings. The predicted octanol–water partition coefficient (Wildman–Crippen LogP) is 15.9. The molecule has 0 radical (unpaired) electrons. The zero-order valence-corrected chi connectivity index (χ0v) is 38.5. The highest BCUT2D eigenvalue weighted by molar-refractivity contribution is 5.71. The Morgan fingerprint density at radius 3 is 1.02 bits per heavy atom. The molecule has 0 rings (SSSR count). The highest BCUT2D eigenvalue weighted by atomic mass is 16.6. The Kier molecular flexibility index (Phi) is 45.0. The fraction of sp³-hybridized carbons (Fsp3) is 0.717. The minimum atomic E-state index is -0.791. The zero-order chi connectivity index (χ0) is 43.0. The van der Waals surface area contributed by atoms with Crippen LogP contribution in [0.5, 0.6) is 0 Å². The van der Waals surface area contributed by atoms with Crippen LogP contribution in [0.1, 0.15) is 226 Å². The number of esters is 3. The molecule has 0 aliphatic carbocycles. The van der Waals surface area contributed by atoms with Crippen molar-refractivity contribution in [1.29, 1.82) is 0 Å². The molecule has 0 saturated heterocycles. The average Bonchev–Trinajstić information content (AvgIpc) is 3.23. The molecule has 1 atom stereocenters. The lowest BCUT2D eigenvalue weighted by Crippen LogP contribution is -2.30. The van der Waals surface area contributed by atoms with Gasteiger partial charge in [-0.25, -0.2) is 0 Å². The Morgan fingerprint density at radius 2 is 0.661 bits per heavy atom. The number of unbranched alkanes of at least 4 members (excludes halogenated alkanes) is 24. The van der Waals surface area contributed by atoms with Crippen LogP contribution in [0.2, 0.25) is 0 Å². The van der Waals surface area contributed by atoms with Gasteiger partial charge in [0.2, 0.25) is 0 Å². The molecule has 0 amide bonds. The number of allylic oxidation sites excluding steroid dienone is 12. The van der Waals surface area contributed by atoms with Gasteiger partial charge >= 0.3 is 17.9 Å². The van der Waals surface area contributed by atoms with Crippen LogP contribution >= 0.6 is 0 Å². The molecule has 0 aromatic carbocycles. The van der Waals surface area contributed by atoms with Crippen LogP contribution in [0.25, 0.3) is 0 Å². The molecule has 0 spiro atoms. The van der Waals surface area contributed by atoms with Crippen LogP contribution in [-0.4, -0.2) is 37.2 Å². The van der Waals surface area contributed by atoms with E-state index in [-0.39, 0.29) is 31.1 Å². The maximum absolute atomic E-state index is 12.7. The van der Waals surface area contributed by atoms with Gasteiger partial charge in [0.1, 0.15) is 13.2 Å². The zero-order valence-electron chi connectivity index (χ0n) is 38.5. The molecule has 0 N–H and O–H groups in total. The molecule has 59 heavy (non-hydrogen) atoms. The van der Waals surface area contributed by atoms with Gasteiger partial charge in [-0.15, -0.1) is 0 Å². The Hall–Kier alpha value is -3.15. The summed E-state index contributed by atoms with van der Waals surface area (Å²) >= 11 is 0. The van der Waals surface area contributed by atoms with Gasteiger partial charge < -0.3 is 14.2 Å². The molecule has 0 aromatic heterocycles. The molecule has 0 heterocycles. The predicted molar refractivity (Wildman–Crippen MR) is 251 cm³/mol. The third kappa shape index (κ3) is 45.8. The largest absolute Gasteiger partial charge is 0.462 e. The van der Waals surface area contributed by atoms with Crippen molar-refractivity contribution < 1.29 is 28.6 Å². The molecule has 6 heteroatoms. The first-order valence-corrected chi connectivity index (χ1v) is 24.5. The Balaban J connectivity index is 4.42. The van der Waals surface area contributed by atoms with Crippen molar-refractivity contribution in [2.45, 2.75) is 232 Å². The van der Waals surface area contributed by atoms with E-state index in [1.54, 1.807) is 0 Å². The second kappa shape index (κ2) is 47.5. The molecular weight excluding hydrogens is 733 g/mol. The third-order valence-electron chi connectivity index (χ3n) is 10.3. The van der Waals surface area contributed by atoms with Crippen LogP contribution in [0.3, 0.4) is 0 Å². The van der Waals surface area contributed by atoms with Crippen molar-refractivity contribution in [1.82, 2.24) is 0 Å². The van der Waals surface area contributed by atoms with Gasteiger partial charge in [0.15, 0.2) is 6.10 Å². The molecular formula is C53H90O6. The van der Waals surface area contributed by atoms with Gasteiger partial charge in [-0.1, -0.05) is 222 Å². The van der Waals surface area contributed by atoms with E-state index in [9.17, 15) is 14.4 Å². The quantitative estimate of drug-likeness (QED) is 0.0264. The van der Waals surface area contributed by atoms with Crippen LogP contribution in [0.15, 0.2) is 72.9 Å². The molecule has 338 valence electrons. The van der Waals surface area contributed by atoms with E-state index in [1.165, 1.54) is 77.0 Å². The second-order valence-electron chi connectivity index (χ2n) is 16.1. The summed E-state index contributed by atoms with van der Waals surface area (Å²) in [5.41, 5.74) is 0. The molecule has 0 aliphatic heterocycles. The number of rotatable bonds is 43. The maximum Gasteiger partial charge on any atom is 0.306 e. The first-order chi connectivity index (χ1) is 29.0. The van der Waals surface area contributed by atoms with Gasteiger partial charge in [-0.3, -0.25) is 14.4 Å². The molecule has 0 bridgehead atoms. The van der Waals surface area contributed by atoms with E-state index in [0.717, 1.165) is 109 Å². The number of carbonyl (C=O) groups is 3. The van der Waals surface area contributed by atoms with Crippen molar-refractivity contribution in [2.24, 2.45) is 0 Å². The van der Waals surface area contributed by atoms with Gasteiger partial charge in [0.25, 0.3) is 0 Å². The lowest BCUT2D eigenvalue weighted by atomic mass is 10.0. The average molecular weight is 823 g/mol. The minimum absolute atomic E-state index is 0.0894. The number of carbonyl (C=O) groups excluding carboxylic acids is 3. The monoisotopic (exact) mass is 823 g/mol. The highest BCUT2D eigenvalue weighted by Crippen LogP contribution is 2.15. The summed E-state index contributed by atoms with van der Waals surface area (Å²) in [6.45, 7) is 6.34. The summed E-state index contributed by atoms with van der Waals surface area (Å²) in [6.07, 6.45) is 58.8. The minimum Gasteiger partial charge on any atom is -0.462 e. The normalized spacial score (nSPS) is 12.7. The summed E-state index contributed by atoms with van der Waals surface area (Å²) in [7, 11) is 0. The van der Waals surface area contributed by atoms with Crippen molar-refractivity contribution in [3.05, 3.63) is 72.9 Å². The maximum atomic E-state index is 12.7. The first-order valence-electron chi connectivity index (χ1n) is 24.5. The molecule has 0 fully saturated rings. The van der Waals surface area contributed by atoms with Crippen molar-refractivity contribution in [3.63, 3.8) is 0 Å². The number of ether oxygens (including phenoxy) is 3. The fourth-order valence-electron chi connectivity index (χ4n) is 6.68. The summed E-state index contributed by atoms with van der Waals surface area (Å²) in [5.74, 6) is -0.931. The van der Waals surface area contributed by atoms with E-state index in [2.05, 4.69) is 93.7 Å².